The van der Waals surface area contributed by atoms with Crippen molar-refractivity contribution >= 4 is 23.8 Å². The summed E-state index contributed by atoms with van der Waals surface area (Å²) in [6.07, 6.45) is 3.24. The zero-order chi connectivity index (χ0) is 16.8. The van der Waals surface area contributed by atoms with Gasteiger partial charge in [-0.2, -0.15) is 0 Å². The quantitative estimate of drug-likeness (QED) is 0.331. The van der Waals surface area contributed by atoms with Crippen LogP contribution in [-0.4, -0.2) is 32.3 Å². The highest BCUT2D eigenvalue weighted by atomic mass is 16.5. The molecule has 4 nitrogen and oxygen atoms in total. The van der Waals surface area contributed by atoms with Crippen molar-refractivity contribution in [2.24, 2.45) is 0 Å². The van der Waals surface area contributed by atoms with Gasteiger partial charge in [-0.3, -0.25) is 10.4 Å². The third-order valence-electron chi connectivity index (χ3n) is 3.49. The molecule has 4 heteroatoms. The predicted octanol–water partition coefficient (Wildman–Crippen LogP) is 3.99. The first-order valence-corrected chi connectivity index (χ1v) is 7.58. The third-order valence-corrected chi connectivity index (χ3v) is 3.49. The van der Waals surface area contributed by atoms with Crippen molar-refractivity contribution in [3.8, 4) is 0 Å². The van der Waals surface area contributed by atoms with Gasteiger partial charge in [0.15, 0.2) is 0 Å². The average Bonchev–Trinajstić information content (AvgIpc) is 2.63. The maximum absolute atomic E-state index is 10.1. The van der Waals surface area contributed by atoms with E-state index in [2.05, 4.69) is 0 Å². The molecule has 0 radical (unpaired) electrons. The van der Waals surface area contributed by atoms with Gasteiger partial charge in [0.25, 0.3) is 11.4 Å². The smallest absolute Gasteiger partial charge is 0.257 e. The molecule has 0 amide bonds. The largest absolute Gasteiger partial charge is 0.285 e. The van der Waals surface area contributed by atoms with Crippen LogP contribution in [0.15, 0.2) is 84.9 Å². The van der Waals surface area contributed by atoms with Gasteiger partial charge < -0.3 is 0 Å². The van der Waals surface area contributed by atoms with Crippen molar-refractivity contribution < 1.29 is 19.9 Å². The highest BCUT2D eigenvalue weighted by Crippen LogP contribution is 2.11. The first kappa shape index (κ1) is 15.5. The molecule has 2 N–H and O–H groups in total. The first-order valence-electron chi connectivity index (χ1n) is 7.58. The molecule has 0 saturated heterocycles. The van der Waals surface area contributed by atoms with E-state index < -0.39 is 0 Å². The van der Waals surface area contributed by atoms with Gasteiger partial charge in [0.2, 0.25) is 12.4 Å². The molecule has 0 atom stereocenters. The van der Waals surface area contributed by atoms with Crippen molar-refractivity contribution in [2.45, 2.75) is 0 Å². The number of para-hydroxylation sites is 2. The van der Waals surface area contributed by atoms with E-state index in [0.717, 1.165) is 20.6 Å². The van der Waals surface area contributed by atoms with Gasteiger partial charge >= 0.3 is 0 Å². The molecule has 24 heavy (non-hydrogen) atoms. The second-order valence-corrected chi connectivity index (χ2v) is 5.29. The fourth-order valence-corrected chi connectivity index (χ4v) is 2.31. The van der Waals surface area contributed by atoms with Crippen LogP contribution in [0.25, 0.3) is 0 Å². The standard InChI is InChI=1S/C20H18N2O2/c23-21(19-10-3-1-4-11-19)15-17-8-7-9-18(14-17)16-22(24)20-12-5-2-6-13-20/h1-16,23-24H/q+2. The van der Waals surface area contributed by atoms with Gasteiger partial charge in [-0.25, -0.2) is 0 Å². The zero-order valence-corrected chi connectivity index (χ0v) is 13.0. The minimum atomic E-state index is 0.681. The molecular formula is C20H18N2O2+2. The molecule has 0 spiro atoms. The van der Waals surface area contributed by atoms with Crippen molar-refractivity contribution in [1.29, 1.82) is 0 Å². The summed E-state index contributed by atoms with van der Waals surface area (Å²) in [6.45, 7) is 0. The molecule has 118 valence electrons. The van der Waals surface area contributed by atoms with E-state index in [0.29, 0.717) is 11.4 Å². The van der Waals surface area contributed by atoms with E-state index in [1.807, 2.05) is 84.9 Å². The lowest BCUT2D eigenvalue weighted by Crippen LogP contribution is -2.04. The molecule has 0 saturated carbocycles. The van der Waals surface area contributed by atoms with Crippen LogP contribution in [0.2, 0.25) is 0 Å². The van der Waals surface area contributed by atoms with Gasteiger partial charge in [-0.15, -0.1) is 0 Å². The van der Waals surface area contributed by atoms with E-state index in [1.54, 1.807) is 12.4 Å². The van der Waals surface area contributed by atoms with E-state index >= 15 is 0 Å². The molecule has 0 bridgehead atoms. The number of nitrogens with zero attached hydrogens (tertiary/aromatic N) is 2. The number of hydrogen-bond donors (Lipinski definition) is 2. The van der Waals surface area contributed by atoms with Crippen molar-refractivity contribution in [3.63, 3.8) is 0 Å². The molecule has 3 aromatic rings. The molecule has 3 rings (SSSR count). The van der Waals surface area contributed by atoms with Crippen LogP contribution in [0.1, 0.15) is 11.1 Å². The highest BCUT2D eigenvalue weighted by Gasteiger charge is 2.09. The molecule has 0 aliphatic carbocycles. The molecule has 0 aliphatic rings. The summed E-state index contributed by atoms with van der Waals surface area (Å²) < 4.78 is 2.15. The van der Waals surface area contributed by atoms with Crippen molar-refractivity contribution in [2.75, 3.05) is 0 Å². The monoisotopic (exact) mass is 318 g/mol. The minimum Gasteiger partial charge on any atom is -0.285 e. The van der Waals surface area contributed by atoms with Crippen LogP contribution < -0.4 is 0 Å². The lowest BCUT2D eigenvalue weighted by molar-refractivity contribution is -0.709. The number of hydrogen-bond acceptors (Lipinski definition) is 2. The summed E-state index contributed by atoms with van der Waals surface area (Å²) in [6, 6.07) is 26.0. The second-order valence-electron chi connectivity index (χ2n) is 5.29. The van der Waals surface area contributed by atoms with E-state index in [9.17, 15) is 10.4 Å². The Morgan fingerprint density at radius 1 is 0.542 bits per heavy atom. The van der Waals surface area contributed by atoms with Gasteiger partial charge in [0.05, 0.1) is 0 Å². The van der Waals surface area contributed by atoms with Crippen LogP contribution in [0.5, 0.6) is 0 Å². The summed E-state index contributed by atoms with van der Waals surface area (Å²) in [5, 5.41) is 20.3. The minimum absolute atomic E-state index is 0.681. The lowest BCUT2D eigenvalue weighted by atomic mass is 10.1. The van der Waals surface area contributed by atoms with E-state index in [4.69, 9.17) is 0 Å². The summed E-state index contributed by atoms with van der Waals surface area (Å²) in [5.41, 5.74) is 2.99. The number of rotatable bonds is 4. The highest BCUT2D eigenvalue weighted by molar-refractivity contribution is 5.83. The summed E-state index contributed by atoms with van der Waals surface area (Å²) >= 11 is 0. The zero-order valence-electron chi connectivity index (χ0n) is 13.0. The molecular weight excluding hydrogens is 300 g/mol. The van der Waals surface area contributed by atoms with E-state index in [-0.39, 0.29) is 0 Å². The molecule has 0 fully saturated rings. The molecule has 0 aliphatic heterocycles. The van der Waals surface area contributed by atoms with Gasteiger partial charge in [0, 0.05) is 44.9 Å². The van der Waals surface area contributed by atoms with Crippen molar-refractivity contribution in [1.82, 2.24) is 0 Å². The predicted molar refractivity (Wildman–Crippen MR) is 93.1 cm³/mol. The Morgan fingerprint density at radius 2 is 0.958 bits per heavy atom. The summed E-state index contributed by atoms with van der Waals surface area (Å²) in [7, 11) is 0. The van der Waals surface area contributed by atoms with Gasteiger partial charge in [0.1, 0.15) is 0 Å². The fraction of sp³-hybridized carbons (Fsp3) is 0. The maximum atomic E-state index is 10.1. The van der Waals surface area contributed by atoms with Crippen LogP contribution >= 0.6 is 0 Å². The summed E-state index contributed by atoms with van der Waals surface area (Å²) in [4.78, 5) is 0. The Bertz CT molecular complexity index is 802. The Kier molecular flexibility index (Phi) is 4.68. The first-order chi connectivity index (χ1) is 11.7. The van der Waals surface area contributed by atoms with Crippen LogP contribution in [0.3, 0.4) is 0 Å². The molecule has 0 heterocycles. The van der Waals surface area contributed by atoms with Gasteiger partial charge in [-0.1, -0.05) is 42.5 Å². The Morgan fingerprint density at radius 3 is 1.38 bits per heavy atom. The Hall–Kier alpha value is -3.40. The van der Waals surface area contributed by atoms with Crippen LogP contribution in [0, 0.1) is 0 Å². The summed E-state index contributed by atoms with van der Waals surface area (Å²) in [5.74, 6) is 0. The average molecular weight is 318 g/mol. The van der Waals surface area contributed by atoms with Crippen LogP contribution in [0.4, 0.5) is 11.4 Å². The molecule has 3 aromatic carbocycles. The Balaban J connectivity index is 1.87. The van der Waals surface area contributed by atoms with Gasteiger partial charge in [-0.05, 0) is 18.2 Å². The SMILES string of the molecule is O[N+](=Cc1cccc(C=[N+](O)c2ccccc2)c1)c1ccccc1. The number of benzene rings is 3. The Labute approximate surface area is 140 Å². The normalized spacial score (nSPS) is 12.2. The molecule has 0 aromatic heterocycles. The second kappa shape index (κ2) is 7.24. The fourth-order valence-electron chi connectivity index (χ4n) is 2.31. The van der Waals surface area contributed by atoms with Crippen molar-refractivity contribution in [3.05, 3.63) is 96.1 Å². The topological polar surface area (TPSA) is 46.5 Å². The maximum Gasteiger partial charge on any atom is 0.257 e. The van der Waals surface area contributed by atoms with E-state index in [1.165, 1.54) is 0 Å². The third kappa shape index (κ3) is 3.87. The molecule has 0 unspecified atom stereocenters. The van der Waals surface area contributed by atoms with Crippen LogP contribution in [-0.2, 0) is 0 Å². The lowest BCUT2D eigenvalue weighted by Gasteiger charge is -1.96.